The van der Waals surface area contributed by atoms with E-state index in [-0.39, 0.29) is 35.0 Å². The molecule has 2 fully saturated rings. The van der Waals surface area contributed by atoms with Crippen LogP contribution in [0.3, 0.4) is 0 Å². The van der Waals surface area contributed by atoms with Crippen LogP contribution in [0.25, 0.3) is 11.1 Å². The van der Waals surface area contributed by atoms with Crippen molar-refractivity contribution < 1.29 is 31.8 Å². The largest absolute Gasteiger partial charge is 0.491 e. The fourth-order valence-electron chi connectivity index (χ4n) is 4.31. The van der Waals surface area contributed by atoms with Gasteiger partial charge in [0.25, 0.3) is 0 Å². The molecule has 0 spiro atoms. The number of ether oxygens (including phenoxy) is 3. The molecule has 4 rings (SSSR count). The fourth-order valence-corrected chi connectivity index (χ4v) is 7.67. The van der Waals surface area contributed by atoms with Gasteiger partial charge in [-0.05, 0) is 56.2 Å². The molecule has 0 saturated carbocycles. The van der Waals surface area contributed by atoms with Crippen molar-refractivity contribution in [2.24, 2.45) is 11.8 Å². The van der Waals surface area contributed by atoms with E-state index >= 15 is 0 Å². The quantitative estimate of drug-likeness (QED) is 0.251. The summed E-state index contributed by atoms with van der Waals surface area (Å²) in [5.74, 6) is -2.28. The Labute approximate surface area is 218 Å². The van der Waals surface area contributed by atoms with Crippen molar-refractivity contribution in [3.63, 3.8) is 0 Å². The highest BCUT2D eigenvalue weighted by atomic mass is 32.2. The number of halogens is 4. The standard InChI is InChI=1S/C27H30F4O3S2/c1-3-5-6-7-16-14-35-27(36-15-16)17-12-33-26(34-13-17)20-9-8-18(22(28)24(20)30)19-10-11-21(32-4-2)25(31)23(19)29/h3,5,8-11,16-17,26-27H,4,6-7,12-15H2,1-2H3. The molecule has 0 bridgehead atoms. The molecule has 196 valence electrons. The van der Waals surface area contributed by atoms with Crippen LogP contribution in [0, 0.1) is 35.1 Å². The third-order valence-electron chi connectivity index (χ3n) is 6.28. The minimum Gasteiger partial charge on any atom is -0.491 e. The summed E-state index contributed by atoms with van der Waals surface area (Å²) >= 11 is 3.83. The number of rotatable bonds is 8. The lowest BCUT2D eigenvalue weighted by molar-refractivity contribution is -0.203. The lowest BCUT2D eigenvalue weighted by Crippen LogP contribution is -2.35. The van der Waals surface area contributed by atoms with Crippen LogP contribution >= 0.6 is 23.5 Å². The topological polar surface area (TPSA) is 27.7 Å². The van der Waals surface area contributed by atoms with Gasteiger partial charge in [0.1, 0.15) is 0 Å². The van der Waals surface area contributed by atoms with E-state index in [0.29, 0.717) is 23.7 Å². The van der Waals surface area contributed by atoms with Crippen LogP contribution in [-0.4, -0.2) is 35.9 Å². The molecule has 2 aromatic rings. The highest BCUT2D eigenvalue weighted by Gasteiger charge is 2.35. The van der Waals surface area contributed by atoms with Gasteiger partial charge in [-0.2, -0.15) is 4.39 Å². The normalized spacial score (nSPS) is 24.8. The third-order valence-corrected chi connectivity index (χ3v) is 9.85. The monoisotopic (exact) mass is 542 g/mol. The van der Waals surface area contributed by atoms with Crippen LogP contribution in [0.1, 0.15) is 38.5 Å². The predicted molar refractivity (Wildman–Crippen MR) is 137 cm³/mol. The smallest absolute Gasteiger partial charge is 0.201 e. The molecule has 2 heterocycles. The van der Waals surface area contributed by atoms with Crippen LogP contribution in [0.4, 0.5) is 17.6 Å². The van der Waals surface area contributed by atoms with Crippen LogP contribution in [0.15, 0.2) is 36.4 Å². The molecule has 36 heavy (non-hydrogen) atoms. The summed E-state index contributed by atoms with van der Waals surface area (Å²) in [5.41, 5.74) is -0.877. The Kier molecular flexibility index (Phi) is 9.66. The summed E-state index contributed by atoms with van der Waals surface area (Å²) in [6.45, 7) is 4.56. The van der Waals surface area contributed by atoms with E-state index in [1.54, 1.807) is 6.92 Å². The van der Waals surface area contributed by atoms with Gasteiger partial charge in [-0.3, -0.25) is 0 Å². The van der Waals surface area contributed by atoms with Gasteiger partial charge in [-0.15, -0.1) is 23.5 Å². The van der Waals surface area contributed by atoms with E-state index in [1.807, 2.05) is 30.4 Å². The Morgan fingerprint density at radius 1 is 0.917 bits per heavy atom. The summed E-state index contributed by atoms with van der Waals surface area (Å²) in [4.78, 5) is 0. The summed E-state index contributed by atoms with van der Waals surface area (Å²) in [5, 5.41) is 0. The summed E-state index contributed by atoms with van der Waals surface area (Å²) in [7, 11) is 0. The second-order valence-electron chi connectivity index (χ2n) is 8.81. The number of thioether (sulfide) groups is 2. The second-order valence-corrected chi connectivity index (χ2v) is 11.5. The van der Waals surface area contributed by atoms with Crippen molar-refractivity contribution in [1.29, 1.82) is 0 Å². The number of allylic oxidation sites excluding steroid dienone is 2. The van der Waals surface area contributed by atoms with Gasteiger partial charge in [0, 0.05) is 22.6 Å². The Balaban J connectivity index is 1.39. The molecule has 2 aliphatic heterocycles. The lowest BCUT2D eigenvalue weighted by Gasteiger charge is -2.37. The molecule has 2 aromatic carbocycles. The average molecular weight is 543 g/mol. The van der Waals surface area contributed by atoms with Crippen molar-refractivity contribution >= 4 is 23.5 Å². The first-order chi connectivity index (χ1) is 17.4. The molecule has 0 aromatic heterocycles. The van der Waals surface area contributed by atoms with Crippen LogP contribution in [0.5, 0.6) is 5.75 Å². The number of hydrogen-bond donors (Lipinski definition) is 0. The van der Waals surface area contributed by atoms with E-state index < -0.39 is 29.6 Å². The average Bonchev–Trinajstić information content (AvgIpc) is 2.90. The zero-order valence-electron chi connectivity index (χ0n) is 20.3. The lowest BCUT2D eigenvalue weighted by atomic mass is 10.0. The van der Waals surface area contributed by atoms with Crippen molar-refractivity contribution in [3.8, 4) is 16.9 Å². The molecule has 9 heteroatoms. The van der Waals surface area contributed by atoms with Gasteiger partial charge in [0.2, 0.25) is 5.82 Å². The van der Waals surface area contributed by atoms with E-state index in [2.05, 4.69) is 12.2 Å². The van der Waals surface area contributed by atoms with Crippen LogP contribution in [0.2, 0.25) is 0 Å². The minimum absolute atomic E-state index is 0.102. The Bertz CT molecular complexity index is 1070. The predicted octanol–water partition coefficient (Wildman–Crippen LogP) is 7.75. The minimum atomic E-state index is -1.30. The molecule has 2 aliphatic rings. The Morgan fingerprint density at radius 3 is 2.19 bits per heavy atom. The van der Waals surface area contributed by atoms with E-state index in [9.17, 15) is 17.6 Å². The van der Waals surface area contributed by atoms with Gasteiger partial charge in [0.15, 0.2) is 29.5 Å². The van der Waals surface area contributed by atoms with Gasteiger partial charge >= 0.3 is 0 Å². The van der Waals surface area contributed by atoms with Crippen LogP contribution < -0.4 is 4.74 Å². The molecular formula is C27H30F4O3S2. The van der Waals surface area contributed by atoms with Gasteiger partial charge in [0.05, 0.1) is 24.4 Å². The molecule has 3 nitrogen and oxygen atoms in total. The molecular weight excluding hydrogens is 512 g/mol. The maximum absolute atomic E-state index is 15.0. The first kappa shape index (κ1) is 27.4. The maximum atomic E-state index is 15.0. The molecule has 0 aliphatic carbocycles. The SMILES string of the molecule is CC=CCCC1CSC(C2COC(c3ccc(-c4ccc(OCC)c(F)c4F)c(F)c3F)OC2)SC1. The van der Waals surface area contributed by atoms with Crippen molar-refractivity contribution in [1.82, 2.24) is 0 Å². The Hall–Kier alpha value is -1.68. The van der Waals surface area contributed by atoms with Gasteiger partial charge in [-0.25, -0.2) is 13.2 Å². The molecule has 0 unspecified atom stereocenters. The second kappa shape index (κ2) is 12.7. The van der Waals surface area contributed by atoms with Gasteiger partial charge < -0.3 is 14.2 Å². The van der Waals surface area contributed by atoms with Crippen molar-refractivity contribution in [2.45, 2.75) is 37.6 Å². The Morgan fingerprint density at radius 2 is 1.56 bits per heavy atom. The third kappa shape index (κ3) is 6.06. The molecule has 0 radical (unpaired) electrons. The van der Waals surface area contributed by atoms with E-state index in [0.717, 1.165) is 17.9 Å². The first-order valence-electron chi connectivity index (χ1n) is 12.1. The van der Waals surface area contributed by atoms with Gasteiger partial charge in [-0.1, -0.05) is 24.3 Å². The molecule has 0 atom stereocenters. The molecule has 0 amide bonds. The summed E-state index contributed by atoms with van der Waals surface area (Å²) < 4.78 is 75.7. The zero-order chi connectivity index (χ0) is 25.7. The molecule has 0 N–H and O–H groups in total. The summed E-state index contributed by atoms with van der Waals surface area (Å²) in [6.07, 6.45) is 5.51. The molecule has 2 saturated heterocycles. The highest BCUT2D eigenvalue weighted by Crippen LogP contribution is 2.42. The van der Waals surface area contributed by atoms with Crippen molar-refractivity contribution in [2.75, 3.05) is 31.3 Å². The fraction of sp³-hybridized carbons (Fsp3) is 0.481. The number of benzene rings is 2. The van der Waals surface area contributed by atoms with E-state index in [1.165, 1.54) is 30.7 Å². The van der Waals surface area contributed by atoms with Crippen LogP contribution in [-0.2, 0) is 9.47 Å². The highest BCUT2D eigenvalue weighted by molar-refractivity contribution is 8.17. The zero-order valence-corrected chi connectivity index (χ0v) is 21.9. The first-order valence-corrected chi connectivity index (χ1v) is 14.2. The van der Waals surface area contributed by atoms with E-state index in [4.69, 9.17) is 14.2 Å². The maximum Gasteiger partial charge on any atom is 0.201 e. The van der Waals surface area contributed by atoms with Crippen molar-refractivity contribution in [3.05, 3.63) is 65.2 Å². The summed E-state index contributed by atoms with van der Waals surface area (Å²) in [6, 6.07) is 4.88. The number of hydrogen-bond acceptors (Lipinski definition) is 5.